The molecule has 0 aliphatic rings. The van der Waals surface area contributed by atoms with E-state index < -0.39 is 12.2 Å². The lowest BCUT2D eigenvalue weighted by atomic mass is 9.87. The highest BCUT2D eigenvalue weighted by Crippen LogP contribution is 2.33. The van der Waals surface area contributed by atoms with E-state index in [2.05, 4.69) is 54.3 Å². The highest BCUT2D eigenvalue weighted by Gasteiger charge is 2.18. The second-order valence-electron chi connectivity index (χ2n) is 6.63. The van der Waals surface area contributed by atoms with Crippen molar-refractivity contribution in [2.45, 2.75) is 49.5 Å². The summed E-state index contributed by atoms with van der Waals surface area (Å²) in [6, 6.07) is 9.74. The zero-order valence-corrected chi connectivity index (χ0v) is 14.7. The smallest absolute Gasteiger partial charge is 0.201 e. The van der Waals surface area contributed by atoms with Gasteiger partial charge in [-0.1, -0.05) is 44.7 Å². The Hall–Kier alpha value is -2.02. The van der Waals surface area contributed by atoms with Crippen molar-refractivity contribution in [1.82, 2.24) is 19.8 Å². The summed E-state index contributed by atoms with van der Waals surface area (Å²) in [6.45, 7) is 8.49. The number of rotatable bonds is 3. The number of benzene rings is 1. The Morgan fingerprint density at radius 3 is 2.50 bits per heavy atom. The summed E-state index contributed by atoms with van der Waals surface area (Å²) in [5.74, 6) is -0.437. The molecule has 4 nitrogen and oxygen atoms in total. The summed E-state index contributed by atoms with van der Waals surface area (Å²) in [4.78, 5) is 1.06. The van der Waals surface area contributed by atoms with E-state index in [-0.39, 0.29) is 5.41 Å². The van der Waals surface area contributed by atoms with Crippen LogP contribution in [-0.2, 0) is 5.41 Å². The monoisotopic (exact) mass is 348 g/mol. The van der Waals surface area contributed by atoms with Crippen molar-refractivity contribution < 1.29 is 8.78 Å². The fourth-order valence-corrected chi connectivity index (χ4v) is 3.17. The standard InChI is InChI=1S/C17H18F2N4S/c1-10-5-6-11(17(2,3)4)9-12(10)24-14-8-7-13-20-21-16(15(18)19)23(13)22-14/h5-9,15H,1-4H3. The minimum absolute atomic E-state index is 0.0392. The van der Waals surface area contributed by atoms with Gasteiger partial charge in [0.1, 0.15) is 5.03 Å². The Morgan fingerprint density at radius 2 is 1.83 bits per heavy atom. The van der Waals surface area contributed by atoms with Crippen molar-refractivity contribution in [2.24, 2.45) is 0 Å². The van der Waals surface area contributed by atoms with Crippen molar-refractivity contribution in [1.29, 1.82) is 0 Å². The van der Waals surface area contributed by atoms with Gasteiger partial charge in [0.05, 0.1) is 0 Å². The van der Waals surface area contributed by atoms with Crippen LogP contribution < -0.4 is 0 Å². The minimum Gasteiger partial charge on any atom is -0.201 e. The van der Waals surface area contributed by atoms with Gasteiger partial charge in [0.25, 0.3) is 6.43 Å². The zero-order valence-electron chi connectivity index (χ0n) is 13.9. The van der Waals surface area contributed by atoms with E-state index in [9.17, 15) is 8.78 Å². The Morgan fingerprint density at radius 1 is 1.08 bits per heavy atom. The molecule has 0 amide bonds. The van der Waals surface area contributed by atoms with E-state index >= 15 is 0 Å². The first-order valence-corrected chi connectivity index (χ1v) is 8.37. The first-order chi connectivity index (χ1) is 11.3. The maximum absolute atomic E-state index is 13.0. The maximum Gasteiger partial charge on any atom is 0.299 e. The molecule has 3 rings (SSSR count). The van der Waals surface area contributed by atoms with Gasteiger partial charge in [-0.3, -0.25) is 0 Å². The van der Waals surface area contributed by atoms with Crippen LogP contribution in [-0.4, -0.2) is 19.8 Å². The molecule has 0 aliphatic carbocycles. The van der Waals surface area contributed by atoms with E-state index in [0.29, 0.717) is 10.7 Å². The van der Waals surface area contributed by atoms with Crippen molar-refractivity contribution >= 4 is 17.4 Å². The molecule has 0 N–H and O–H groups in total. The number of hydrogen-bond acceptors (Lipinski definition) is 4. The zero-order chi connectivity index (χ0) is 17.5. The summed E-state index contributed by atoms with van der Waals surface area (Å²) < 4.78 is 27.0. The molecule has 0 aliphatic heterocycles. The van der Waals surface area contributed by atoms with E-state index in [4.69, 9.17) is 0 Å². The first kappa shape index (κ1) is 16.8. The van der Waals surface area contributed by atoms with Crippen LogP contribution in [0.4, 0.5) is 8.78 Å². The topological polar surface area (TPSA) is 43.1 Å². The van der Waals surface area contributed by atoms with Gasteiger partial charge in [0.15, 0.2) is 5.65 Å². The van der Waals surface area contributed by atoms with Crippen LogP contribution >= 0.6 is 11.8 Å². The average molecular weight is 348 g/mol. The summed E-state index contributed by atoms with van der Waals surface area (Å²) in [7, 11) is 0. The molecule has 0 spiro atoms. The predicted molar refractivity (Wildman–Crippen MR) is 89.7 cm³/mol. The Labute approximate surface area is 143 Å². The number of hydrogen-bond donors (Lipinski definition) is 0. The van der Waals surface area contributed by atoms with E-state index in [1.54, 1.807) is 12.1 Å². The van der Waals surface area contributed by atoms with Crippen molar-refractivity contribution in [3.63, 3.8) is 0 Å². The van der Waals surface area contributed by atoms with E-state index in [1.807, 2.05) is 6.92 Å². The molecule has 0 saturated heterocycles. The number of alkyl halides is 2. The SMILES string of the molecule is Cc1ccc(C(C)(C)C)cc1Sc1ccc2nnc(C(F)F)n2n1. The van der Waals surface area contributed by atoms with Crippen LogP contribution in [0.2, 0.25) is 0 Å². The van der Waals surface area contributed by atoms with E-state index in [1.165, 1.54) is 17.3 Å². The molecule has 0 unspecified atom stereocenters. The first-order valence-electron chi connectivity index (χ1n) is 7.55. The van der Waals surface area contributed by atoms with Crippen LogP contribution in [0.3, 0.4) is 0 Å². The molecular formula is C17H18F2N4S. The third-order valence-corrected chi connectivity index (χ3v) is 4.81. The van der Waals surface area contributed by atoms with Gasteiger partial charge < -0.3 is 0 Å². The fraction of sp³-hybridized carbons (Fsp3) is 0.353. The number of nitrogens with zero attached hydrogens (tertiary/aromatic N) is 4. The van der Waals surface area contributed by atoms with Gasteiger partial charge in [0.2, 0.25) is 5.82 Å². The van der Waals surface area contributed by atoms with Crippen molar-refractivity contribution in [2.75, 3.05) is 0 Å². The van der Waals surface area contributed by atoms with Gasteiger partial charge in [-0.05, 0) is 41.7 Å². The Balaban J connectivity index is 1.99. The van der Waals surface area contributed by atoms with Crippen molar-refractivity contribution in [3.8, 4) is 0 Å². The van der Waals surface area contributed by atoms with Gasteiger partial charge in [-0.2, -0.15) is 9.61 Å². The highest BCUT2D eigenvalue weighted by molar-refractivity contribution is 7.99. The lowest BCUT2D eigenvalue weighted by Crippen LogP contribution is -2.11. The molecule has 0 saturated carbocycles. The molecule has 3 aromatic rings. The Bertz CT molecular complexity index is 884. The average Bonchev–Trinajstić information content (AvgIpc) is 2.91. The third-order valence-electron chi connectivity index (χ3n) is 3.73. The molecule has 2 aromatic heterocycles. The molecule has 0 bridgehead atoms. The normalized spacial score (nSPS) is 12.3. The number of halogens is 2. The lowest BCUT2D eigenvalue weighted by Gasteiger charge is -2.20. The third kappa shape index (κ3) is 3.26. The molecule has 7 heteroatoms. The van der Waals surface area contributed by atoms with Crippen LogP contribution in [0, 0.1) is 6.92 Å². The van der Waals surface area contributed by atoms with Crippen molar-refractivity contribution in [3.05, 3.63) is 47.3 Å². The quantitative estimate of drug-likeness (QED) is 0.681. The summed E-state index contributed by atoms with van der Waals surface area (Å²) in [5, 5.41) is 12.1. The molecule has 0 fully saturated rings. The molecule has 1 aromatic carbocycles. The lowest BCUT2D eigenvalue weighted by molar-refractivity contribution is 0.137. The van der Waals surface area contributed by atoms with Crippen LogP contribution in [0.15, 0.2) is 40.3 Å². The maximum atomic E-state index is 13.0. The molecule has 0 atom stereocenters. The largest absolute Gasteiger partial charge is 0.299 e. The fourth-order valence-electron chi connectivity index (χ4n) is 2.27. The van der Waals surface area contributed by atoms with Gasteiger partial charge in [-0.25, -0.2) is 8.78 Å². The number of fused-ring (bicyclic) bond motifs is 1. The minimum atomic E-state index is -2.71. The van der Waals surface area contributed by atoms with Gasteiger partial charge >= 0.3 is 0 Å². The number of aromatic nitrogens is 4. The van der Waals surface area contributed by atoms with Gasteiger partial charge in [0, 0.05) is 4.90 Å². The van der Waals surface area contributed by atoms with Crippen LogP contribution in [0.1, 0.15) is 44.1 Å². The summed E-state index contributed by atoms with van der Waals surface area (Å²) in [6.07, 6.45) is -2.71. The molecule has 2 heterocycles. The highest BCUT2D eigenvalue weighted by atomic mass is 32.2. The Kier molecular flexibility index (Phi) is 4.29. The molecule has 126 valence electrons. The molecular weight excluding hydrogens is 330 g/mol. The second kappa shape index (κ2) is 6.12. The molecule has 0 radical (unpaired) electrons. The second-order valence-corrected chi connectivity index (χ2v) is 7.70. The summed E-state index contributed by atoms with van der Waals surface area (Å²) in [5.41, 5.74) is 2.69. The molecule has 24 heavy (non-hydrogen) atoms. The summed E-state index contributed by atoms with van der Waals surface area (Å²) >= 11 is 1.45. The van der Waals surface area contributed by atoms with Gasteiger partial charge in [-0.15, -0.1) is 10.2 Å². The van der Waals surface area contributed by atoms with Crippen LogP contribution in [0.5, 0.6) is 0 Å². The predicted octanol–water partition coefficient (Wildman–Crippen LogP) is 4.82. The number of aryl methyl sites for hydroxylation is 1. The van der Waals surface area contributed by atoms with Crippen LogP contribution in [0.25, 0.3) is 5.65 Å². The van der Waals surface area contributed by atoms with E-state index in [0.717, 1.165) is 15.0 Å².